The lowest BCUT2D eigenvalue weighted by Crippen LogP contribution is -2.51. The van der Waals surface area contributed by atoms with Gasteiger partial charge in [0.2, 0.25) is 0 Å². The van der Waals surface area contributed by atoms with Crippen LogP contribution in [0.15, 0.2) is 18.2 Å². The molecule has 0 radical (unpaired) electrons. The van der Waals surface area contributed by atoms with Gasteiger partial charge in [0, 0.05) is 15.6 Å². The van der Waals surface area contributed by atoms with Gasteiger partial charge in [-0.25, -0.2) is 0 Å². The lowest BCUT2D eigenvalue weighted by atomic mass is 9.83. The quantitative estimate of drug-likeness (QED) is 0.760. The van der Waals surface area contributed by atoms with Gasteiger partial charge in [0.15, 0.2) is 0 Å². The Morgan fingerprint density at radius 1 is 1.38 bits per heavy atom. The van der Waals surface area contributed by atoms with Crippen molar-refractivity contribution in [3.63, 3.8) is 0 Å². The monoisotopic (exact) mass is 215 g/mol. The van der Waals surface area contributed by atoms with E-state index < -0.39 is 0 Å². The van der Waals surface area contributed by atoms with Crippen LogP contribution < -0.4 is 5.32 Å². The van der Waals surface area contributed by atoms with Crippen LogP contribution in [0.2, 0.25) is 10.0 Å². The Bertz CT molecular complexity index is 332. The third-order valence-corrected chi connectivity index (χ3v) is 3.23. The van der Waals surface area contributed by atoms with Crippen molar-refractivity contribution in [3.8, 4) is 0 Å². The molecule has 1 fully saturated rings. The molecular formula is C10H11Cl2N. The molecule has 70 valence electrons. The largest absolute Gasteiger partial charge is 0.307 e. The second-order valence-corrected chi connectivity index (χ2v) is 4.48. The minimum Gasteiger partial charge on any atom is -0.307 e. The Labute approximate surface area is 88.0 Å². The lowest BCUT2D eigenvalue weighted by Gasteiger charge is -2.41. The highest BCUT2D eigenvalue weighted by Gasteiger charge is 2.34. The molecule has 1 saturated heterocycles. The minimum absolute atomic E-state index is 0.0297. The molecule has 1 N–H and O–H groups in total. The molecule has 13 heavy (non-hydrogen) atoms. The molecule has 1 atom stereocenters. The van der Waals surface area contributed by atoms with Crippen molar-refractivity contribution in [1.29, 1.82) is 0 Å². The summed E-state index contributed by atoms with van der Waals surface area (Å²) in [6, 6.07) is 5.61. The average Bonchev–Trinajstić information content (AvgIpc) is 2.05. The molecule has 1 aromatic carbocycles. The summed E-state index contributed by atoms with van der Waals surface area (Å²) in [5.41, 5.74) is 1.13. The van der Waals surface area contributed by atoms with Crippen molar-refractivity contribution in [3.05, 3.63) is 33.8 Å². The molecule has 1 aromatic rings. The zero-order valence-electron chi connectivity index (χ0n) is 7.40. The van der Waals surface area contributed by atoms with Gasteiger partial charge >= 0.3 is 0 Å². The van der Waals surface area contributed by atoms with E-state index in [1.165, 1.54) is 0 Å². The van der Waals surface area contributed by atoms with Crippen LogP contribution in [0, 0.1) is 0 Å². The Kier molecular flexibility index (Phi) is 2.26. The van der Waals surface area contributed by atoms with Crippen LogP contribution in [0.5, 0.6) is 0 Å². The van der Waals surface area contributed by atoms with Crippen LogP contribution in [0.3, 0.4) is 0 Å². The van der Waals surface area contributed by atoms with Crippen LogP contribution >= 0.6 is 23.2 Å². The van der Waals surface area contributed by atoms with Crippen molar-refractivity contribution < 1.29 is 0 Å². The van der Waals surface area contributed by atoms with Crippen molar-refractivity contribution in [2.75, 3.05) is 6.54 Å². The first-order chi connectivity index (χ1) is 6.12. The summed E-state index contributed by atoms with van der Waals surface area (Å²) in [7, 11) is 0. The van der Waals surface area contributed by atoms with E-state index in [1.54, 1.807) is 0 Å². The van der Waals surface area contributed by atoms with E-state index in [0.717, 1.165) is 28.6 Å². The fourth-order valence-corrected chi connectivity index (χ4v) is 2.15. The van der Waals surface area contributed by atoms with Gasteiger partial charge in [0.1, 0.15) is 0 Å². The molecule has 1 unspecified atom stereocenters. The van der Waals surface area contributed by atoms with Crippen LogP contribution in [0.25, 0.3) is 0 Å². The van der Waals surface area contributed by atoms with Crippen LogP contribution in [-0.2, 0) is 5.54 Å². The smallest absolute Gasteiger partial charge is 0.0457 e. The first kappa shape index (κ1) is 9.32. The maximum atomic E-state index is 6.09. The van der Waals surface area contributed by atoms with E-state index >= 15 is 0 Å². The summed E-state index contributed by atoms with van der Waals surface area (Å²) in [6.45, 7) is 3.20. The van der Waals surface area contributed by atoms with Gasteiger partial charge in [-0.1, -0.05) is 23.2 Å². The molecule has 0 aromatic heterocycles. The predicted molar refractivity (Wildman–Crippen MR) is 56.4 cm³/mol. The maximum absolute atomic E-state index is 6.09. The highest BCUT2D eigenvalue weighted by Crippen LogP contribution is 2.36. The molecular weight excluding hydrogens is 205 g/mol. The Morgan fingerprint density at radius 2 is 2.08 bits per heavy atom. The molecule has 3 heteroatoms. The van der Waals surface area contributed by atoms with Crippen molar-refractivity contribution in [1.82, 2.24) is 5.32 Å². The topological polar surface area (TPSA) is 12.0 Å². The van der Waals surface area contributed by atoms with E-state index in [4.69, 9.17) is 23.2 Å². The van der Waals surface area contributed by atoms with Crippen LogP contribution in [-0.4, -0.2) is 6.54 Å². The summed E-state index contributed by atoms with van der Waals surface area (Å²) in [6.07, 6.45) is 1.12. The predicted octanol–water partition coefficient (Wildman–Crippen LogP) is 3.20. The second-order valence-electron chi connectivity index (χ2n) is 3.63. The molecule has 1 heterocycles. The first-order valence-corrected chi connectivity index (χ1v) is 5.08. The van der Waals surface area contributed by atoms with Crippen LogP contribution in [0.4, 0.5) is 0 Å². The van der Waals surface area contributed by atoms with E-state index in [0.29, 0.717) is 0 Å². The van der Waals surface area contributed by atoms with Gasteiger partial charge in [0.25, 0.3) is 0 Å². The number of rotatable bonds is 1. The molecule has 0 amide bonds. The molecule has 0 spiro atoms. The van der Waals surface area contributed by atoms with Gasteiger partial charge in [-0.15, -0.1) is 0 Å². The molecule has 1 aliphatic rings. The maximum Gasteiger partial charge on any atom is 0.0457 e. The summed E-state index contributed by atoms with van der Waals surface area (Å²) in [5.74, 6) is 0. The average molecular weight is 216 g/mol. The summed E-state index contributed by atoms with van der Waals surface area (Å²) < 4.78 is 0. The van der Waals surface area contributed by atoms with Gasteiger partial charge in [-0.2, -0.15) is 0 Å². The molecule has 1 nitrogen and oxygen atoms in total. The van der Waals surface area contributed by atoms with E-state index in [2.05, 4.69) is 12.2 Å². The molecule has 1 aliphatic heterocycles. The van der Waals surface area contributed by atoms with Gasteiger partial charge in [0.05, 0.1) is 0 Å². The van der Waals surface area contributed by atoms with E-state index in [-0.39, 0.29) is 5.54 Å². The zero-order valence-corrected chi connectivity index (χ0v) is 8.91. The molecule has 0 bridgehead atoms. The molecule has 2 rings (SSSR count). The summed E-state index contributed by atoms with van der Waals surface area (Å²) in [4.78, 5) is 0. The standard InChI is InChI=1S/C10H11Cl2N/c1-10(4-5-13-10)8-6-7(11)2-3-9(8)12/h2-3,6,13H,4-5H2,1H3. The van der Waals surface area contributed by atoms with Gasteiger partial charge in [-0.05, 0) is 43.7 Å². The first-order valence-electron chi connectivity index (χ1n) is 4.32. The van der Waals surface area contributed by atoms with Gasteiger partial charge in [-0.3, -0.25) is 0 Å². The SMILES string of the molecule is CC1(c2cc(Cl)ccc2Cl)CCN1. The van der Waals surface area contributed by atoms with Crippen molar-refractivity contribution in [2.45, 2.75) is 18.9 Å². The number of nitrogens with one attached hydrogen (secondary N) is 1. The van der Waals surface area contributed by atoms with Crippen molar-refractivity contribution >= 4 is 23.2 Å². The Morgan fingerprint density at radius 3 is 2.62 bits per heavy atom. The fourth-order valence-electron chi connectivity index (χ4n) is 1.65. The highest BCUT2D eigenvalue weighted by molar-refractivity contribution is 6.33. The number of benzene rings is 1. The van der Waals surface area contributed by atoms with Gasteiger partial charge < -0.3 is 5.32 Å². The summed E-state index contributed by atoms with van der Waals surface area (Å²) >= 11 is 12.0. The number of hydrogen-bond donors (Lipinski definition) is 1. The normalized spacial score (nSPS) is 27.0. The van der Waals surface area contributed by atoms with E-state index in [9.17, 15) is 0 Å². The summed E-state index contributed by atoms with van der Waals surface area (Å²) in [5, 5.41) is 4.90. The lowest BCUT2D eigenvalue weighted by molar-refractivity contribution is 0.237. The van der Waals surface area contributed by atoms with Crippen LogP contribution in [0.1, 0.15) is 18.9 Å². The third kappa shape index (κ3) is 1.56. The fraction of sp³-hybridized carbons (Fsp3) is 0.400. The minimum atomic E-state index is 0.0297. The highest BCUT2D eigenvalue weighted by atomic mass is 35.5. The number of hydrogen-bond acceptors (Lipinski definition) is 1. The second kappa shape index (κ2) is 3.16. The third-order valence-electron chi connectivity index (χ3n) is 2.66. The Hall–Kier alpha value is -0.240. The molecule has 0 aliphatic carbocycles. The molecule has 0 saturated carbocycles. The Balaban J connectivity index is 2.43. The zero-order chi connectivity index (χ0) is 9.47. The number of halogens is 2. The van der Waals surface area contributed by atoms with Crippen molar-refractivity contribution in [2.24, 2.45) is 0 Å². The van der Waals surface area contributed by atoms with E-state index in [1.807, 2.05) is 18.2 Å².